The number of carbonyl (C=O) groups is 3. The van der Waals surface area contributed by atoms with E-state index in [0.717, 1.165) is 16.0 Å². The highest BCUT2D eigenvalue weighted by atomic mass is 16.6. The first-order valence-corrected chi connectivity index (χ1v) is 12.3. The Labute approximate surface area is 224 Å². The van der Waals surface area contributed by atoms with E-state index in [4.69, 9.17) is 11.2 Å². The fourth-order valence-corrected chi connectivity index (χ4v) is 3.90. The number of alkyl carbamates (subject to hydrolysis) is 1. The zero-order chi connectivity index (χ0) is 27.7. The van der Waals surface area contributed by atoms with Crippen LogP contribution in [0.15, 0.2) is 84.9 Å². The number of benzene rings is 3. The molecule has 7 nitrogen and oxygen atoms in total. The summed E-state index contributed by atoms with van der Waals surface area (Å²) in [5.74, 6) is -1.09. The largest absolute Gasteiger partial charge is 0.444 e. The number of amides is 3. The maximum absolute atomic E-state index is 14.0. The van der Waals surface area contributed by atoms with Crippen molar-refractivity contribution < 1.29 is 19.1 Å². The van der Waals surface area contributed by atoms with Crippen LogP contribution in [0, 0.1) is 19.4 Å². The van der Waals surface area contributed by atoms with E-state index in [1.54, 1.807) is 51.1 Å². The normalized spacial score (nSPS) is 12.4. The van der Waals surface area contributed by atoms with E-state index < -0.39 is 35.6 Å². The standard InChI is InChI=1S/C31H33N3O4/c1-6-34(27(24-18-11-8-12-19-24)28(35)32-25-20-14-13-15-22(25)2)29(36)26(21-23-16-9-7-10-17-23)33-30(37)38-31(3,4)5/h1,7-20,26-27H,21H2,2-5H3,(H,32,35)(H,33,37). The van der Waals surface area contributed by atoms with Crippen LogP contribution in [0.3, 0.4) is 0 Å². The van der Waals surface area contributed by atoms with Crippen LogP contribution < -0.4 is 10.6 Å². The van der Waals surface area contributed by atoms with Gasteiger partial charge in [-0.05, 0) is 50.5 Å². The van der Waals surface area contributed by atoms with Gasteiger partial charge in [0, 0.05) is 18.2 Å². The second-order valence-electron chi connectivity index (χ2n) is 9.84. The first-order valence-electron chi connectivity index (χ1n) is 12.3. The molecule has 0 aliphatic carbocycles. The molecule has 0 radical (unpaired) electrons. The highest BCUT2D eigenvalue weighted by Crippen LogP contribution is 2.25. The number of hydrogen-bond acceptors (Lipinski definition) is 4. The number of nitrogens with zero attached hydrogens (tertiary/aromatic N) is 1. The summed E-state index contributed by atoms with van der Waals surface area (Å²) in [5.41, 5.74) is 2.03. The van der Waals surface area contributed by atoms with Crippen LogP contribution in [0.25, 0.3) is 0 Å². The number of ether oxygens (including phenoxy) is 1. The molecule has 2 atom stereocenters. The minimum atomic E-state index is -1.15. The molecule has 0 aliphatic heterocycles. The third-order valence-corrected chi connectivity index (χ3v) is 5.67. The predicted octanol–water partition coefficient (Wildman–Crippen LogP) is 5.23. The van der Waals surface area contributed by atoms with Crippen LogP contribution in [0.1, 0.15) is 43.5 Å². The zero-order valence-electron chi connectivity index (χ0n) is 22.1. The van der Waals surface area contributed by atoms with Crippen LogP contribution in [-0.2, 0) is 20.7 Å². The smallest absolute Gasteiger partial charge is 0.408 e. The number of terminal acetylenes is 1. The molecule has 0 saturated heterocycles. The van der Waals surface area contributed by atoms with Crippen LogP contribution in [-0.4, -0.2) is 34.5 Å². The molecular formula is C31H33N3O4. The molecule has 3 aromatic rings. The van der Waals surface area contributed by atoms with Crippen LogP contribution in [0.5, 0.6) is 0 Å². The summed E-state index contributed by atoms with van der Waals surface area (Å²) < 4.78 is 5.40. The van der Waals surface area contributed by atoms with Gasteiger partial charge in [0.1, 0.15) is 17.7 Å². The van der Waals surface area contributed by atoms with Crippen molar-refractivity contribution in [2.24, 2.45) is 0 Å². The summed E-state index contributed by atoms with van der Waals surface area (Å²) in [7, 11) is 0. The Morgan fingerprint density at radius 1 is 0.921 bits per heavy atom. The number of rotatable bonds is 8. The van der Waals surface area contributed by atoms with Crippen molar-refractivity contribution in [3.05, 3.63) is 102 Å². The predicted molar refractivity (Wildman–Crippen MR) is 148 cm³/mol. The number of nitrogens with one attached hydrogen (secondary N) is 2. The zero-order valence-corrected chi connectivity index (χ0v) is 22.1. The Hall–Kier alpha value is -4.57. The quantitative estimate of drug-likeness (QED) is 0.320. The van der Waals surface area contributed by atoms with Crippen LogP contribution >= 0.6 is 0 Å². The fraction of sp³-hybridized carbons (Fsp3) is 0.258. The summed E-state index contributed by atoms with van der Waals surface area (Å²) in [6.07, 6.45) is 5.26. The SMILES string of the molecule is C#CN(C(=O)C(Cc1ccccc1)NC(=O)OC(C)(C)C)C(C(=O)Nc1ccccc1C)c1ccccc1. The molecule has 0 aliphatic rings. The lowest BCUT2D eigenvalue weighted by atomic mass is 10.0. The van der Waals surface area contributed by atoms with E-state index in [2.05, 4.69) is 16.7 Å². The molecule has 0 saturated carbocycles. The summed E-state index contributed by atoms with van der Waals surface area (Å²) in [4.78, 5) is 41.3. The highest BCUT2D eigenvalue weighted by molar-refractivity contribution is 6.00. The molecule has 2 N–H and O–H groups in total. The molecule has 0 heterocycles. The van der Waals surface area contributed by atoms with Crippen molar-refractivity contribution >= 4 is 23.6 Å². The monoisotopic (exact) mass is 511 g/mol. The van der Waals surface area contributed by atoms with Crippen molar-refractivity contribution in [2.45, 2.75) is 51.8 Å². The molecule has 7 heteroatoms. The average molecular weight is 512 g/mol. The Bertz CT molecular complexity index is 1290. The Morgan fingerprint density at radius 2 is 1.50 bits per heavy atom. The topological polar surface area (TPSA) is 87.7 Å². The van der Waals surface area contributed by atoms with Gasteiger partial charge in [-0.1, -0.05) is 85.3 Å². The molecular weight excluding hydrogens is 478 g/mol. The van der Waals surface area contributed by atoms with Crippen molar-refractivity contribution in [1.29, 1.82) is 0 Å². The molecule has 0 fully saturated rings. The van der Waals surface area contributed by atoms with Gasteiger partial charge in [-0.25, -0.2) is 4.79 Å². The maximum Gasteiger partial charge on any atom is 0.408 e. The van der Waals surface area contributed by atoms with Crippen molar-refractivity contribution in [1.82, 2.24) is 10.2 Å². The van der Waals surface area contributed by atoms with Crippen molar-refractivity contribution in [3.8, 4) is 12.5 Å². The Morgan fingerprint density at radius 3 is 2.08 bits per heavy atom. The van der Waals surface area contributed by atoms with Gasteiger partial charge in [-0.15, -0.1) is 0 Å². The van der Waals surface area contributed by atoms with Gasteiger partial charge < -0.3 is 15.4 Å². The Kier molecular flexibility index (Phi) is 9.28. The third-order valence-electron chi connectivity index (χ3n) is 5.67. The summed E-state index contributed by atoms with van der Waals surface area (Å²) >= 11 is 0. The molecule has 0 aromatic heterocycles. The maximum atomic E-state index is 14.0. The summed E-state index contributed by atoms with van der Waals surface area (Å²) in [5, 5.41) is 5.56. The molecule has 0 bridgehead atoms. The minimum Gasteiger partial charge on any atom is -0.444 e. The van der Waals surface area contributed by atoms with Gasteiger partial charge in [-0.2, -0.15) is 0 Å². The van der Waals surface area contributed by atoms with Gasteiger partial charge in [0.2, 0.25) is 0 Å². The number of anilines is 1. The van der Waals surface area contributed by atoms with Gasteiger partial charge in [0.05, 0.1) is 0 Å². The van der Waals surface area contributed by atoms with E-state index in [-0.39, 0.29) is 6.42 Å². The third kappa shape index (κ3) is 7.71. The molecule has 3 rings (SSSR count). The number of hydrogen-bond donors (Lipinski definition) is 2. The Balaban J connectivity index is 1.98. The van der Waals surface area contributed by atoms with Crippen LogP contribution in [0.4, 0.5) is 10.5 Å². The molecule has 38 heavy (non-hydrogen) atoms. The number of carbonyl (C=O) groups excluding carboxylic acids is 3. The lowest BCUT2D eigenvalue weighted by molar-refractivity contribution is -0.136. The fourth-order valence-electron chi connectivity index (χ4n) is 3.90. The highest BCUT2D eigenvalue weighted by Gasteiger charge is 2.36. The minimum absolute atomic E-state index is 0.151. The van der Waals surface area contributed by atoms with Crippen molar-refractivity contribution in [2.75, 3.05) is 5.32 Å². The summed E-state index contributed by atoms with van der Waals surface area (Å²) in [6.45, 7) is 7.07. The average Bonchev–Trinajstić information content (AvgIpc) is 2.87. The molecule has 2 unspecified atom stereocenters. The van der Waals surface area contributed by atoms with Crippen LogP contribution in [0.2, 0.25) is 0 Å². The van der Waals surface area contributed by atoms with E-state index >= 15 is 0 Å². The van der Waals surface area contributed by atoms with Gasteiger partial charge >= 0.3 is 6.09 Å². The number of para-hydroxylation sites is 1. The van der Waals surface area contributed by atoms with Gasteiger partial charge in [0.25, 0.3) is 11.8 Å². The second-order valence-corrected chi connectivity index (χ2v) is 9.84. The first kappa shape index (κ1) is 28.0. The van der Waals surface area contributed by atoms with Crippen molar-refractivity contribution in [3.63, 3.8) is 0 Å². The van der Waals surface area contributed by atoms with Gasteiger partial charge in [0.15, 0.2) is 0 Å². The first-order chi connectivity index (χ1) is 18.1. The summed E-state index contributed by atoms with van der Waals surface area (Å²) in [6, 6.07) is 25.5. The lowest BCUT2D eigenvalue weighted by Gasteiger charge is -2.30. The molecule has 196 valence electrons. The molecule has 0 spiro atoms. The lowest BCUT2D eigenvalue weighted by Crippen LogP contribution is -2.51. The van der Waals surface area contributed by atoms with E-state index in [1.807, 2.05) is 61.5 Å². The van der Waals surface area contributed by atoms with E-state index in [1.165, 1.54) is 0 Å². The molecule has 3 aromatic carbocycles. The van der Waals surface area contributed by atoms with E-state index in [9.17, 15) is 14.4 Å². The molecule has 3 amide bonds. The second kappa shape index (κ2) is 12.6. The van der Waals surface area contributed by atoms with Gasteiger partial charge in [-0.3, -0.25) is 14.5 Å². The number of aryl methyl sites for hydroxylation is 1. The van der Waals surface area contributed by atoms with E-state index in [0.29, 0.717) is 11.3 Å².